The Morgan fingerprint density at radius 1 is 1.28 bits per heavy atom. The minimum Gasteiger partial charge on any atom is -0.478 e. The molecule has 6 heteroatoms. The quantitative estimate of drug-likeness (QED) is 0.335. The van der Waals surface area contributed by atoms with Crippen molar-refractivity contribution in [3.05, 3.63) is 26.1 Å². The van der Waals surface area contributed by atoms with Gasteiger partial charge in [-0.2, -0.15) is 0 Å². The molecule has 2 aliphatic carbocycles. The second-order valence-electron chi connectivity index (χ2n) is 11.0. The average molecular weight is 530 g/mol. The molecule has 29 heavy (non-hydrogen) atoms. The predicted molar refractivity (Wildman–Crippen MR) is 128 cm³/mol. The summed E-state index contributed by atoms with van der Waals surface area (Å²) in [4.78, 5) is 17.2. The second-order valence-corrected chi connectivity index (χ2v) is 16.8. The maximum atomic E-state index is 12.2. The summed E-state index contributed by atoms with van der Waals surface area (Å²) in [5.74, 6) is -0.790. The Kier molecular flexibility index (Phi) is 6.32. The van der Waals surface area contributed by atoms with Crippen molar-refractivity contribution in [3.8, 4) is 0 Å². The van der Waals surface area contributed by atoms with E-state index >= 15 is 0 Å². The van der Waals surface area contributed by atoms with E-state index in [-0.39, 0.29) is 22.5 Å². The third-order valence-electron chi connectivity index (χ3n) is 7.43. The third-order valence-corrected chi connectivity index (χ3v) is 13.0. The lowest BCUT2D eigenvalue weighted by Gasteiger charge is -2.45. The zero-order valence-electron chi connectivity index (χ0n) is 19.0. The van der Waals surface area contributed by atoms with Crippen LogP contribution in [0.4, 0.5) is 0 Å². The lowest BCUT2D eigenvalue weighted by Crippen LogP contribution is -2.44. The minimum absolute atomic E-state index is 0.0450. The highest BCUT2D eigenvalue weighted by Gasteiger charge is 2.47. The van der Waals surface area contributed by atoms with E-state index in [1.165, 1.54) is 25.7 Å². The van der Waals surface area contributed by atoms with Gasteiger partial charge in [-0.1, -0.05) is 47.5 Å². The number of carbonyl (C=O) groups is 1. The maximum Gasteiger partial charge on any atom is 0.338 e. The molecule has 162 valence electrons. The van der Waals surface area contributed by atoms with E-state index in [0.29, 0.717) is 5.56 Å². The highest BCUT2D eigenvalue weighted by atomic mass is 127. The van der Waals surface area contributed by atoms with Crippen LogP contribution in [-0.2, 0) is 10.8 Å². The van der Waals surface area contributed by atoms with Crippen LogP contribution in [0.25, 0.3) is 0 Å². The van der Waals surface area contributed by atoms with Gasteiger partial charge in [0.05, 0.1) is 17.4 Å². The van der Waals surface area contributed by atoms with Gasteiger partial charge in [-0.25, -0.2) is 4.79 Å². The molecular formula is C23H36INO3Si. The molecule has 1 aromatic rings. The lowest BCUT2D eigenvalue weighted by atomic mass is 9.70. The predicted octanol–water partition coefficient (Wildman–Crippen LogP) is 7.08. The van der Waals surface area contributed by atoms with Crippen LogP contribution in [0.2, 0.25) is 18.1 Å². The lowest BCUT2D eigenvalue weighted by molar-refractivity contribution is 0.0689. The number of hydrogen-bond acceptors (Lipinski definition) is 3. The molecule has 4 nitrogen and oxygen atoms in total. The summed E-state index contributed by atoms with van der Waals surface area (Å²) in [6.07, 6.45) is 6.96. The van der Waals surface area contributed by atoms with Crippen molar-refractivity contribution >= 4 is 36.9 Å². The summed E-state index contributed by atoms with van der Waals surface area (Å²) in [6.45, 7) is 15.5. The van der Waals surface area contributed by atoms with E-state index in [2.05, 4.69) is 56.5 Å². The first-order chi connectivity index (χ1) is 13.3. The minimum atomic E-state index is -2.01. The van der Waals surface area contributed by atoms with E-state index in [4.69, 9.17) is 9.41 Å². The van der Waals surface area contributed by atoms with Gasteiger partial charge in [0.15, 0.2) is 8.32 Å². The van der Waals surface area contributed by atoms with Gasteiger partial charge >= 0.3 is 5.97 Å². The number of carboxylic acid groups (broad SMARTS) is 1. The van der Waals surface area contributed by atoms with Crippen molar-refractivity contribution in [2.45, 2.75) is 103 Å². The Morgan fingerprint density at radius 3 is 2.34 bits per heavy atom. The molecule has 1 atom stereocenters. The fourth-order valence-electron chi connectivity index (χ4n) is 4.78. The Balaban J connectivity index is 2.18. The molecule has 0 radical (unpaired) electrons. The molecule has 0 aliphatic heterocycles. The number of pyridine rings is 1. The molecule has 1 N–H and O–H groups in total. The van der Waals surface area contributed by atoms with Crippen LogP contribution < -0.4 is 0 Å². The van der Waals surface area contributed by atoms with Crippen molar-refractivity contribution in [1.29, 1.82) is 0 Å². The molecular weight excluding hydrogens is 493 g/mol. The van der Waals surface area contributed by atoms with Crippen LogP contribution in [0.3, 0.4) is 0 Å². The number of aromatic carboxylic acids is 1. The number of nitrogens with zero attached hydrogens (tertiary/aromatic N) is 1. The van der Waals surface area contributed by atoms with Crippen LogP contribution >= 0.6 is 22.6 Å². The van der Waals surface area contributed by atoms with Crippen LogP contribution in [0.5, 0.6) is 0 Å². The molecule has 1 unspecified atom stereocenters. The highest BCUT2D eigenvalue weighted by Crippen LogP contribution is 2.54. The number of carboxylic acids is 1. The number of aromatic nitrogens is 1. The van der Waals surface area contributed by atoms with Crippen molar-refractivity contribution in [3.63, 3.8) is 0 Å². The van der Waals surface area contributed by atoms with Gasteiger partial charge < -0.3 is 9.53 Å². The van der Waals surface area contributed by atoms with Crippen molar-refractivity contribution in [1.82, 2.24) is 4.98 Å². The van der Waals surface area contributed by atoms with Gasteiger partial charge in [0.25, 0.3) is 0 Å². The first-order valence-corrected chi connectivity index (χ1v) is 14.9. The van der Waals surface area contributed by atoms with Crippen molar-refractivity contribution in [2.24, 2.45) is 5.41 Å². The largest absolute Gasteiger partial charge is 0.478 e. The van der Waals surface area contributed by atoms with Gasteiger partial charge in [-0.3, -0.25) is 4.98 Å². The van der Waals surface area contributed by atoms with Gasteiger partial charge in [-0.15, -0.1) is 0 Å². The molecule has 0 amide bonds. The zero-order valence-corrected chi connectivity index (χ0v) is 22.1. The second kappa shape index (κ2) is 7.90. The Bertz CT molecular complexity index is 807. The maximum absolute atomic E-state index is 12.2. The Labute approximate surface area is 190 Å². The molecule has 2 aliphatic rings. The number of fused-ring (bicyclic) bond motifs is 1. The topological polar surface area (TPSA) is 59.4 Å². The van der Waals surface area contributed by atoms with Gasteiger partial charge in [0, 0.05) is 14.8 Å². The summed E-state index contributed by atoms with van der Waals surface area (Å²) in [6, 6.07) is 0. The average Bonchev–Trinajstić information content (AvgIpc) is 2.99. The fraction of sp³-hybridized carbons (Fsp3) is 0.739. The number of hydrogen-bond donors (Lipinski definition) is 1. The van der Waals surface area contributed by atoms with Gasteiger partial charge in [0.1, 0.15) is 0 Å². The first-order valence-electron chi connectivity index (χ1n) is 10.9. The summed E-state index contributed by atoms with van der Waals surface area (Å²) in [7, 11) is -2.01. The number of halogens is 1. The van der Waals surface area contributed by atoms with Gasteiger partial charge in [-0.05, 0) is 77.7 Å². The normalized spacial score (nSPS) is 21.6. The van der Waals surface area contributed by atoms with E-state index in [9.17, 15) is 9.90 Å². The molecule has 3 rings (SSSR count). The SMILES string of the molecule is CC(C)c1nc2c(c(I)c1C(=O)O)C(O[Si](C)(C)C(C)(C)C)CC1(CCCC1)C2. The smallest absolute Gasteiger partial charge is 0.338 e. The summed E-state index contributed by atoms with van der Waals surface area (Å²) in [5, 5.41) is 10.1. The molecule has 1 saturated carbocycles. The van der Waals surface area contributed by atoms with E-state index in [1.807, 2.05) is 13.8 Å². The van der Waals surface area contributed by atoms with Crippen LogP contribution in [-0.4, -0.2) is 24.4 Å². The van der Waals surface area contributed by atoms with Crippen LogP contribution in [0.15, 0.2) is 0 Å². The van der Waals surface area contributed by atoms with Crippen LogP contribution in [0, 0.1) is 8.99 Å². The molecule has 1 spiro atoms. The standard InChI is InChI=1S/C23H36INO3Si/c1-14(2)20-18(21(26)27)19(24)17-15(25-20)12-23(10-8-9-11-23)13-16(17)28-29(6,7)22(3,4)5/h14,16H,8-13H2,1-7H3,(H,26,27). The molecule has 1 heterocycles. The van der Waals surface area contributed by atoms with Crippen LogP contribution in [0.1, 0.15) is 106 Å². The summed E-state index contributed by atoms with van der Waals surface area (Å²) in [5.41, 5.74) is 3.54. The molecule has 0 aromatic carbocycles. The molecule has 1 fully saturated rings. The Morgan fingerprint density at radius 2 is 1.86 bits per heavy atom. The van der Waals surface area contributed by atoms with E-state index in [1.54, 1.807) is 0 Å². The monoisotopic (exact) mass is 529 g/mol. The molecule has 0 saturated heterocycles. The summed E-state index contributed by atoms with van der Waals surface area (Å²) >= 11 is 2.25. The fourth-order valence-corrected chi connectivity index (χ4v) is 7.21. The van der Waals surface area contributed by atoms with Gasteiger partial charge in [0.2, 0.25) is 0 Å². The Hall–Kier alpha value is -0.473. The third kappa shape index (κ3) is 4.31. The number of rotatable bonds is 4. The van der Waals surface area contributed by atoms with E-state index in [0.717, 1.165) is 33.4 Å². The highest BCUT2D eigenvalue weighted by molar-refractivity contribution is 14.1. The van der Waals surface area contributed by atoms with Crippen molar-refractivity contribution < 1.29 is 14.3 Å². The summed E-state index contributed by atoms with van der Waals surface area (Å²) < 4.78 is 7.82. The van der Waals surface area contributed by atoms with E-state index < -0.39 is 14.3 Å². The van der Waals surface area contributed by atoms with Crippen molar-refractivity contribution in [2.75, 3.05) is 0 Å². The molecule has 1 aromatic heterocycles. The first kappa shape index (κ1) is 23.2. The molecule has 0 bridgehead atoms. The zero-order chi connectivity index (χ0) is 21.8.